The molecule has 0 aromatic heterocycles. The molecule has 1 N–H and O–H groups in total. The summed E-state index contributed by atoms with van der Waals surface area (Å²) in [5.74, 6) is 0.0566. The summed E-state index contributed by atoms with van der Waals surface area (Å²) >= 11 is 5.71. The summed E-state index contributed by atoms with van der Waals surface area (Å²) in [6.07, 6.45) is 1.12. The number of halogens is 1. The van der Waals surface area contributed by atoms with Gasteiger partial charge in [-0.15, -0.1) is 0 Å². The van der Waals surface area contributed by atoms with E-state index in [2.05, 4.69) is 5.32 Å². The second-order valence-electron chi connectivity index (χ2n) is 4.30. The third-order valence-electron chi connectivity index (χ3n) is 2.14. The molecule has 0 saturated carbocycles. The van der Waals surface area contributed by atoms with Crippen LogP contribution < -0.4 is 10.1 Å². The lowest BCUT2D eigenvalue weighted by Gasteiger charge is -2.13. The largest absolute Gasteiger partial charge is 0.484 e. The maximum atomic E-state index is 11.5. The first-order valence-corrected chi connectivity index (χ1v) is 8.05. The van der Waals surface area contributed by atoms with Crippen molar-refractivity contribution in [2.75, 3.05) is 18.6 Å². The highest BCUT2D eigenvalue weighted by Gasteiger charge is 2.13. The van der Waals surface area contributed by atoms with Crippen LogP contribution in [0.5, 0.6) is 5.75 Å². The smallest absolute Gasteiger partial charge is 0.258 e. The molecule has 5 nitrogen and oxygen atoms in total. The fourth-order valence-corrected chi connectivity index (χ4v) is 2.61. The summed E-state index contributed by atoms with van der Waals surface area (Å²) in [7, 11) is -3.11. The van der Waals surface area contributed by atoms with Crippen molar-refractivity contribution < 1.29 is 17.9 Å². The second-order valence-corrected chi connectivity index (χ2v) is 6.92. The molecule has 1 aromatic rings. The van der Waals surface area contributed by atoms with Gasteiger partial charge in [-0.3, -0.25) is 4.79 Å². The lowest BCUT2D eigenvalue weighted by Crippen LogP contribution is -2.39. The number of carbonyl (C=O) groups is 1. The number of nitrogens with one attached hydrogen (secondary N) is 1. The monoisotopic (exact) mass is 305 g/mol. The number of rotatable bonds is 6. The average molecular weight is 306 g/mol. The summed E-state index contributed by atoms with van der Waals surface area (Å²) in [5.41, 5.74) is 0. The molecule has 1 aromatic carbocycles. The number of hydrogen-bond acceptors (Lipinski definition) is 4. The summed E-state index contributed by atoms with van der Waals surface area (Å²) in [6.45, 7) is 1.46. The zero-order chi connectivity index (χ0) is 14.5. The molecule has 0 bridgehead atoms. The minimum atomic E-state index is -3.11. The van der Waals surface area contributed by atoms with E-state index >= 15 is 0 Å². The lowest BCUT2D eigenvalue weighted by atomic mass is 10.3. The van der Waals surface area contributed by atoms with Crippen LogP contribution in [0.15, 0.2) is 24.3 Å². The molecule has 0 heterocycles. The minimum Gasteiger partial charge on any atom is -0.484 e. The number of amides is 1. The van der Waals surface area contributed by atoms with E-state index in [9.17, 15) is 13.2 Å². The van der Waals surface area contributed by atoms with Crippen molar-refractivity contribution in [3.05, 3.63) is 29.3 Å². The number of carbonyl (C=O) groups excluding carboxylic acids is 1. The molecular weight excluding hydrogens is 290 g/mol. The van der Waals surface area contributed by atoms with E-state index in [1.807, 2.05) is 0 Å². The van der Waals surface area contributed by atoms with Crippen molar-refractivity contribution in [2.24, 2.45) is 0 Å². The Kier molecular flexibility index (Phi) is 5.62. The maximum Gasteiger partial charge on any atom is 0.258 e. The predicted octanol–water partition coefficient (Wildman–Crippen LogP) is 1.27. The predicted molar refractivity (Wildman–Crippen MR) is 74.3 cm³/mol. The number of sulfone groups is 1. The van der Waals surface area contributed by atoms with Crippen LogP contribution in [0.25, 0.3) is 0 Å². The van der Waals surface area contributed by atoms with Crippen molar-refractivity contribution in [1.29, 1.82) is 0 Å². The Morgan fingerprint density at radius 3 is 2.47 bits per heavy atom. The molecular formula is C12H16ClNO4S. The first-order valence-electron chi connectivity index (χ1n) is 5.62. The molecule has 19 heavy (non-hydrogen) atoms. The number of hydrogen-bond donors (Lipinski definition) is 1. The molecule has 106 valence electrons. The average Bonchev–Trinajstić information content (AvgIpc) is 2.25. The van der Waals surface area contributed by atoms with Gasteiger partial charge in [0.1, 0.15) is 15.6 Å². The van der Waals surface area contributed by atoms with Crippen LogP contribution in [0, 0.1) is 0 Å². The Bertz CT molecular complexity index is 527. The van der Waals surface area contributed by atoms with Gasteiger partial charge in [-0.05, 0) is 31.2 Å². The van der Waals surface area contributed by atoms with Crippen molar-refractivity contribution >= 4 is 27.3 Å². The Hall–Kier alpha value is -1.27. The fourth-order valence-electron chi connectivity index (χ4n) is 1.49. The summed E-state index contributed by atoms with van der Waals surface area (Å²) in [4.78, 5) is 11.5. The zero-order valence-corrected chi connectivity index (χ0v) is 12.3. The van der Waals surface area contributed by atoms with Gasteiger partial charge in [-0.25, -0.2) is 8.42 Å². The van der Waals surface area contributed by atoms with E-state index in [-0.39, 0.29) is 18.3 Å². The standard InChI is InChI=1S/C12H16ClNO4S/c1-9(8-19(2,16)17)14-12(15)7-18-11-5-3-10(13)4-6-11/h3-6,9H,7-8H2,1-2H3,(H,14,15). The quantitative estimate of drug-likeness (QED) is 0.859. The summed E-state index contributed by atoms with van der Waals surface area (Å²) in [5, 5.41) is 3.13. The van der Waals surface area contributed by atoms with Gasteiger partial charge in [0, 0.05) is 17.3 Å². The van der Waals surface area contributed by atoms with E-state index < -0.39 is 15.9 Å². The molecule has 0 aliphatic rings. The highest BCUT2D eigenvalue weighted by atomic mass is 35.5. The molecule has 1 unspecified atom stereocenters. The number of benzene rings is 1. The Balaban J connectivity index is 2.37. The van der Waals surface area contributed by atoms with Crippen molar-refractivity contribution in [2.45, 2.75) is 13.0 Å². The van der Waals surface area contributed by atoms with E-state index in [1.165, 1.54) is 0 Å². The van der Waals surface area contributed by atoms with Gasteiger partial charge < -0.3 is 10.1 Å². The van der Waals surface area contributed by atoms with Crippen LogP contribution in [0.1, 0.15) is 6.92 Å². The zero-order valence-electron chi connectivity index (χ0n) is 10.7. The molecule has 7 heteroatoms. The fraction of sp³-hybridized carbons (Fsp3) is 0.417. The van der Waals surface area contributed by atoms with Gasteiger partial charge in [0.15, 0.2) is 6.61 Å². The molecule has 1 amide bonds. The van der Waals surface area contributed by atoms with Crippen molar-refractivity contribution in [3.63, 3.8) is 0 Å². The molecule has 1 rings (SSSR count). The maximum absolute atomic E-state index is 11.5. The van der Waals surface area contributed by atoms with Crippen LogP contribution in [-0.4, -0.2) is 39.0 Å². The lowest BCUT2D eigenvalue weighted by molar-refractivity contribution is -0.123. The Morgan fingerprint density at radius 2 is 1.95 bits per heavy atom. The molecule has 0 saturated heterocycles. The Labute approximate surface area is 117 Å². The molecule has 0 fully saturated rings. The minimum absolute atomic E-state index is 0.0975. The molecule has 0 aliphatic carbocycles. The van der Waals surface area contributed by atoms with Gasteiger partial charge in [0.05, 0.1) is 5.75 Å². The summed E-state index contributed by atoms with van der Waals surface area (Å²) in [6, 6.07) is 6.16. The van der Waals surface area contributed by atoms with E-state index in [4.69, 9.17) is 16.3 Å². The first kappa shape index (κ1) is 15.8. The van der Waals surface area contributed by atoms with Crippen molar-refractivity contribution in [1.82, 2.24) is 5.32 Å². The van der Waals surface area contributed by atoms with Gasteiger partial charge in [-0.2, -0.15) is 0 Å². The molecule has 0 spiro atoms. The van der Waals surface area contributed by atoms with Crippen LogP contribution in [0.3, 0.4) is 0 Å². The SMILES string of the molecule is CC(CS(C)(=O)=O)NC(=O)COc1ccc(Cl)cc1. The van der Waals surface area contributed by atoms with Gasteiger partial charge in [0.2, 0.25) is 0 Å². The normalized spacial score (nSPS) is 12.8. The topological polar surface area (TPSA) is 72.5 Å². The highest BCUT2D eigenvalue weighted by Crippen LogP contribution is 2.15. The third-order valence-corrected chi connectivity index (χ3v) is 3.50. The highest BCUT2D eigenvalue weighted by molar-refractivity contribution is 7.90. The second kappa shape index (κ2) is 6.77. The van der Waals surface area contributed by atoms with Gasteiger partial charge in [-0.1, -0.05) is 11.6 Å². The van der Waals surface area contributed by atoms with E-state index in [1.54, 1.807) is 31.2 Å². The van der Waals surface area contributed by atoms with E-state index in [0.717, 1.165) is 6.26 Å². The van der Waals surface area contributed by atoms with Gasteiger partial charge >= 0.3 is 0 Å². The Morgan fingerprint density at radius 1 is 1.37 bits per heavy atom. The molecule has 0 radical (unpaired) electrons. The molecule has 0 aliphatic heterocycles. The van der Waals surface area contributed by atoms with Crippen LogP contribution in [0.2, 0.25) is 5.02 Å². The third kappa shape index (κ3) is 7.03. The number of ether oxygens (including phenoxy) is 1. The van der Waals surface area contributed by atoms with Crippen molar-refractivity contribution in [3.8, 4) is 5.75 Å². The van der Waals surface area contributed by atoms with Crippen LogP contribution in [-0.2, 0) is 14.6 Å². The first-order chi connectivity index (χ1) is 8.76. The summed E-state index contributed by atoms with van der Waals surface area (Å²) < 4.78 is 27.3. The van der Waals surface area contributed by atoms with Crippen LogP contribution >= 0.6 is 11.6 Å². The van der Waals surface area contributed by atoms with Gasteiger partial charge in [0.25, 0.3) is 5.91 Å². The van der Waals surface area contributed by atoms with E-state index in [0.29, 0.717) is 10.8 Å². The van der Waals surface area contributed by atoms with Crippen LogP contribution in [0.4, 0.5) is 0 Å². The molecule has 1 atom stereocenters.